The van der Waals surface area contributed by atoms with E-state index in [1.807, 2.05) is 6.07 Å². The summed E-state index contributed by atoms with van der Waals surface area (Å²) in [6.45, 7) is 9.41. The second kappa shape index (κ2) is 11.1. The zero-order valence-electron chi connectivity index (χ0n) is 30.9. The maximum atomic E-state index is 6.55. The third-order valence-corrected chi connectivity index (χ3v) is 12.5. The fourth-order valence-corrected chi connectivity index (χ4v) is 9.71. The molecule has 0 amide bonds. The summed E-state index contributed by atoms with van der Waals surface area (Å²) in [4.78, 5) is 2.44. The summed E-state index contributed by atoms with van der Waals surface area (Å²) in [5.74, 6) is 0. The molecule has 2 aliphatic carbocycles. The van der Waals surface area contributed by atoms with Crippen molar-refractivity contribution >= 4 is 49.8 Å². The molecular weight excluding hydrogens is 655 g/mol. The van der Waals surface area contributed by atoms with E-state index in [2.05, 4.69) is 190 Å². The van der Waals surface area contributed by atoms with Gasteiger partial charge in [0.2, 0.25) is 0 Å². The molecule has 0 unspecified atom stereocenters. The molecule has 0 radical (unpaired) electrons. The molecule has 1 heterocycles. The second-order valence-corrected chi connectivity index (χ2v) is 16.1. The molecule has 2 aliphatic rings. The van der Waals surface area contributed by atoms with Crippen LogP contribution in [0.25, 0.3) is 66.1 Å². The largest absolute Gasteiger partial charge is 0.455 e. The number of anilines is 3. The van der Waals surface area contributed by atoms with Crippen molar-refractivity contribution in [1.29, 1.82) is 0 Å². The molecule has 0 N–H and O–H groups in total. The summed E-state index contributed by atoms with van der Waals surface area (Å²) in [6.07, 6.45) is 0. The van der Waals surface area contributed by atoms with Crippen molar-refractivity contribution in [2.45, 2.75) is 38.5 Å². The summed E-state index contributed by atoms with van der Waals surface area (Å²) in [5.41, 5.74) is 18.3. The standard InChI is InChI=1S/C52H39NO/c1-51(2)45-18-9-6-14-39(45)43-30-35(26-29-46(43)51)53(36-25-28-40-38-13-5-8-17-44(38)52(3,4)47(40)31-36)34-23-20-32(21-24-34)37-16-11-12-33-22-27-42-41-15-7-10-19-48(41)54-50(42)49(33)37/h5-31H,1-4H3. The highest BCUT2D eigenvalue weighted by molar-refractivity contribution is 6.19. The van der Waals surface area contributed by atoms with Crippen molar-refractivity contribution < 1.29 is 4.42 Å². The molecule has 8 aromatic carbocycles. The van der Waals surface area contributed by atoms with Crippen molar-refractivity contribution in [2.75, 3.05) is 4.90 Å². The Morgan fingerprint density at radius 2 is 1.00 bits per heavy atom. The lowest BCUT2D eigenvalue weighted by Gasteiger charge is -2.29. The molecular formula is C52H39NO. The van der Waals surface area contributed by atoms with Crippen LogP contribution in [0.5, 0.6) is 0 Å². The number of rotatable bonds is 4. The maximum Gasteiger partial charge on any atom is 0.143 e. The first-order chi connectivity index (χ1) is 26.3. The van der Waals surface area contributed by atoms with E-state index in [9.17, 15) is 0 Å². The lowest BCUT2D eigenvalue weighted by molar-refractivity contribution is 0.660. The van der Waals surface area contributed by atoms with Crippen LogP contribution >= 0.6 is 0 Å². The minimum Gasteiger partial charge on any atom is -0.455 e. The van der Waals surface area contributed by atoms with Crippen molar-refractivity contribution in [2.24, 2.45) is 0 Å². The molecule has 54 heavy (non-hydrogen) atoms. The fourth-order valence-electron chi connectivity index (χ4n) is 9.71. The molecule has 0 fully saturated rings. The molecule has 0 bridgehead atoms. The Balaban J connectivity index is 1.09. The Hall–Kier alpha value is -6.38. The summed E-state index contributed by atoms with van der Waals surface area (Å²) < 4.78 is 6.55. The van der Waals surface area contributed by atoms with Crippen LogP contribution in [-0.2, 0) is 10.8 Å². The van der Waals surface area contributed by atoms with Crippen molar-refractivity contribution in [1.82, 2.24) is 0 Å². The molecule has 0 saturated carbocycles. The van der Waals surface area contributed by atoms with Crippen molar-refractivity contribution in [3.8, 4) is 33.4 Å². The van der Waals surface area contributed by atoms with E-state index in [0.29, 0.717) is 0 Å². The SMILES string of the molecule is CC1(C)c2ccccc2-c2cc(N(c3ccc(-c4cccc5ccc6c7ccccc7oc6c45)cc3)c3ccc4c(c3)C(C)(C)c3ccccc3-4)ccc21. The molecule has 0 spiro atoms. The lowest BCUT2D eigenvalue weighted by Crippen LogP contribution is -2.17. The quantitative estimate of drug-likeness (QED) is 0.182. The van der Waals surface area contributed by atoms with Crippen LogP contribution in [0.1, 0.15) is 49.9 Å². The van der Waals surface area contributed by atoms with Gasteiger partial charge in [0, 0.05) is 44.1 Å². The average Bonchev–Trinajstić information content (AvgIpc) is 3.78. The Labute approximate surface area is 315 Å². The van der Waals surface area contributed by atoms with E-state index >= 15 is 0 Å². The van der Waals surface area contributed by atoms with Crippen LogP contribution < -0.4 is 4.90 Å². The number of benzene rings is 8. The van der Waals surface area contributed by atoms with Gasteiger partial charge < -0.3 is 9.32 Å². The number of hydrogen-bond acceptors (Lipinski definition) is 2. The zero-order valence-corrected chi connectivity index (χ0v) is 30.9. The number of nitrogens with zero attached hydrogens (tertiary/aromatic N) is 1. The predicted molar refractivity (Wildman–Crippen MR) is 226 cm³/mol. The first kappa shape index (κ1) is 31.2. The van der Waals surface area contributed by atoms with Gasteiger partial charge >= 0.3 is 0 Å². The normalized spacial score (nSPS) is 14.6. The minimum atomic E-state index is -0.102. The summed E-state index contributed by atoms with van der Waals surface area (Å²) in [7, 11) is 0. The van der Waals surface area contributed by atoms with E-state index in [1.54, 1.807) is 0 Å². The maximum absolute atomic E-state index is 6.55. The molecule has 258 valence electrons. The molecule has 0 aliphatic heterocycles. The van der Waals surface area contributed by atoms with E-state index in [1.165, 1.54) is 55.5 Å². The van der Waals surface area contributed by atoms with Crippen LogP contribution in [0.3, 0.4) is 0 Å². The smallest absolute Gasteiger partial charge is 0.143 e. The Bertz CT molecular complexity index is 3000. The van der Waals surface area contributed by atoms with Gasteiger partial charge in [-0.3, -0.25) is 0 Å². The highest BCUT2D eigenvalue weighted by Crippen LogP contribution is 2.53. The summed E-state index contributed by atoms with van der Waals surface area (Å²) in [5, 5.41) is 4.62. The third-order valence-electron chi connectivity index (χ3n) is 12.5. The molecule has 11 rings (SSSR count). The molecule has 0 atom stereocenters. The molecule has 9 aromatic rings. The lowest BCUT2D eigenvalue weighted by atomic mass is 9.82. The number of para-hydroxylation sites is 1. The number of furan rings is 1. The fraction of sp³-hybridized carbons (Fsp3) is 0.115. The zero-order chi connectivity index (χ0) is 36.3. The van der Waals surface area contributed by atoms with E-state index in [-0.39, 0.29) is 10.8 Å². The monoisotopic (exact) mass is 693 g/mol. The number of hydrogen-bond donors (Lipinski definition) is 0. The van der Waals surface area contributed by atoms with E-state index < -0.39 is 0 Å². The summed E-state index contributed by atoms with van der Waals surface area (Å²) in [6, 6.07) is 60.4. The van der Waals surface area contributed by atoms with Crippen LogP contribution in [-0.4, -0.2) is 0 Å². The average molecular weight is 694 g/mol. The van der Waals surface area contributed by atoms with Crippen LogP contribution in [0.15, 0.2) is 168 Å². The van der Waals surface area contributed by atoms with Gasteiger partial charge in [-0.2, -0.15) is 0 Å². The second-order valence-electron chi connectivity index (χ2n) is 16.1. The predicted octanol–water partition coefficient (Wildman–Crippen LogP) is 14.5. The first-order valence-electron chi connectivity index (χ1n) is 19.0. The van der Waals surface area contributed by atoms with E-state index in [0.717, 1.165) is 50.0 Å². The highest BCUT2D eigenvalue weighted by atomic mass is 16.3. The molecule has 1 aromatic heterocycles. The summed E-state index contributed by atoms with van der Waals surface area (Å²) >= 11 is 0. The highest BCUT2D eigenvalue weighted by Gasteiger charge is 2.37. The minimum absolute atomic E-state index is 0.0516. The first-order valence-corrected chi connectivity index (χ1v) is 19.0. The van der Waals surface area contributed by atoms with Gasteiger partial charge in [0.15, 0.2) is 0 Å². The van der Waals surface area contributed by atoms with Crippen molar-refractivity contribution in [3.63, 3.8) is 0 Å². The topological polar surface area (TPSA) is 16.4 Å². The van der Waals surface area contributed by atoms with Gasteiger partial charge in [0.1, 0.15) is 11.2 Å². The molecule has 2 nitrogen and oxygen atoms in total. The Morgan fingerprint density at radius 1 is 0.407 bits per heavy atom. The van der Waals surface area contributed by atoms with Gasteiger partial charge in [0.05, 0.1) is 0 Å². The molecule has 2 heteroatoms. The van der Waals surface area contributed by atoms with Crippen molar-refractivity contribution in [3.05, 3.63) is 186 Å². The van der Waals surface area contributed by atoms with Gasteiger partial charge in [-0.05, 0) is 110 Å². The van der Waals surface area contributed by atoms with Crippen LogP contribution in [0, 0.1) is 0 Å². The van der Waals surface area contributed by atoms with Gasteiger partial charge in [-0.25, -0.2) is 0 Å². The van der Waals surface area contributed by atoms with Gasteiger partial charge in [-0.1, -0.05) is 143 Å². The van der Waals surface area contributed by atoms with E-state index in [4.69, 9.17) is 4.42 Å². The molecule has 0 saturated heterocycles. The third kappa shape index (κ3) is 4.28. The van der Waals surface area contributed by atoms with Crippen LogP contribution in [0.2, 0.25) is 0 Å². The van der Waals surface area contributed by atoms with Gasteiger partial charge in [0.25, 0.3) is 0 Å². The van der Waals surface area contributed by atoms with Crippen LogP contribution in [0.4, 0.5) is 17.1 Å². The number of fused-ring (bicyclic) bond motifs is 11. The Kier molecular flexibility index (Phi) is 6.39. The Morgan fingerprint density at radius 3 is 1.80 bits per heavy atom. The van der Waals surface area contributed by atoms with Gasteiger partial charge in [-0.15, -0.1) is 0 Å².